The smallest absolute Gasteiger partial charge is 0.313 e. The van der Waals surface area contributed by atoms with E-state index in [1.165, 1.54) is 19.3 Å². The number of amides is 3. The van der Waals surface area contributed by atoms with Gasteiger partial charge in [0.1, 0.15) is 0 Å². The number of hydrogen-bond acceptors (Lipinski definition) is 4. The molecule has 1 heterocycles. The van der Waals surface area contributed by atoms with Crippen LogP contribution in [0.3, 0.4) is 0 Å². The number of carbonyl (C=O) groups excluding carboxylic acids is 3. The third kappa shape index (κ3) is 5.57. The van der Waals surface area contributed by atoms with E-state index in [2.05, 4.69) is 20.9 Å². The summed E-state index contributed by atoms with van der Waals surface area (Å²) in [6.45, 7) is 2.92. The number of nitrogens with one attached hydrogen (secondary N) is 3. The van der Waals surface area contributed by atoms with Crippen molar-refractivity contribution in [1.29, 1.82) is 0 Å². The average molecular weight is 332 g/mol. The van der Waals surface area contributed by atoms with Gasteiger partial charge < -0.3 is 20.9 Å². The second kappa shape index (κ2) is 9.54. The van der Waals surface area contributed by atoms with Crippen molar-refractivity contribution in [3.63, 3.8) is 0 Å². The molecule has 1 aromatic rings. The molecule has 1 aliphatic heterocycles. The fourth-order valence-corrected chi connectivity index (χ4v) is 2.63. The zero-order valence-electron chi connectivity index (χ0n) is 13.7. The minimum absolute atomic E-state index is 0.334. The Morgan fingerprint density at radius 2 is 1.71 bits per heavy atom. The highest BCUT2D eigenvalue weighted by atomic mass is 16.2. The Kier molecular flexibility index (Phi) is 7.07. The van der Waals surface area contributed by atoms with Crippen molar-refractivity contribution in [2.24, 2.45) is 0 Å². The quantitative estimate of drug-likeness (QED) is 0.392. The lowest BCUT2D eigenvalue weighted by Gasteiger charge is -2.28. The number of benzene rings is 1. The van der Waals surface area contributed by atoms with Gasteiger partial charge in [0.15, 0.2) is 0 Å². The first-order valence-corrected chi connectivity index (χ1v) is 8.32. The van der Waals surface area contributed by atoms with Crippen molar-refractivity contribution in [2.45, 2.75) is 25.7 Å². The highest BCUT2D eigenvalue weighted by Gasteiger charge is 2.14. The molecule has 1 aliphatic rings. The maximum Gasteiger partial charge on any atom is 0.313 e. The Balaban J connectivity index is 1.76. The standard InChI is InChI=1S/C17H24N4O3/c22-13-18-9-4-10-19-16(23)17(24)20-14-5-7-15(8-6-14)21-11-2-1-3-12-21/h5-8,13H,1-4,9-12H2,(H,18,22)(H,19,23)(H,20,24). The van der Waals surface area contributed by atoms with E-state index in [9.17, 15) is 14.4 Å². The second-order valence-electron chi connectivity index (χ2n) is 5.73. The van der Waals surface area contributed by atoms with Crippen LogP contribution in [0.5, 0.6) is 0 Å². The second-order valence-corrected chi connectivity index (χ2v) is 5.73. The molecule has 0 spiro atoms. The lowest BCUT2D eigenvalue weighted by molar-refractivity contribution is -0.136. The predicted molar refractivity (Wildman–Crippen MR) is 92.8 cm³/mol. The maximum atomic E-state index is 11.8. The van der Waals surface area contributed by atoms with Gasteiger partial charge in [-0.15, -0.1) is 0 Å². The molecule has 1 aromatic carbocycles. The molecule has 0 atom stereocenters. The molecule has 24 heavy (non-hydrogen) atoms. The van der Waals surface area contributed by atoms with E-state index >= 15 is 0 Å². The molecule has 7 heteroatoms. The van der Waals surface area contributed by atoms with E-state index in [1.807, 2.05) is 24.3 Å². The summed E-state index contributed by atoms with van der Waals surface area (Å²) in [5.41, 5.74) is 1.73. The summed E-state index contributed by atoms with van der Waals surface area (Å²) >= 11 is 0. The first-order chi connectivity index (χ1) is 11.7. The van der Waals surface area contributed by atoms with E-state index < -0.39 is 11.8 Å². The number of hydrogen-bond donors (Lipinski definition) is 3. The molecule has 1 fully saturated rings. The Hall–Kier alpha value is -2.57. The Bertz CT molecular complexity index is 553. The molecule has 0 unspecified atom stereocenters. The van der Waals surface area contributed by atoms with Gasteiger partial charge in [0.25, 0.3) is 0 Å². The van der Waals surface area contributed by atoms with Crippen LogP contribution in [0, 0.1) is 0 Å². The van der Waals surface area contributed by atoms with Gasteiger partial charge in [0.05, 0.1) is 0 Å². The van der Waals surface area contributed by atoms with Gasteiger partial charge in [0.2, 0.25) is 6.41 Å². The normalized spacial score (nSPS) is 13.9. The van der Waals surface area contributed by atoms with Crippen LogP contribution in [0.2, 0.25) is 0 Å². The van der Waals surface area contributed by atoms with Crippen molar-refractivity contribution in [3.8, 4) is 0 Å². The molecule has 0 radical (unpaired) electrons. The molecule has 0 aromatic heterocycles. The third-order valence-corrected chi connectivity index (χ3v) is 3.92. The third-order valence-electron chi connectivity index (χ3n) is 3.92. The van der Waals surface area contributed by atoms with Crippen LogP contribution in [0.1, 0.15) is 25.7 Å². The van der Waals surface area contributed by atoms with Gasteiger partial charge in [-0.05, 0) is 49.9 Å². The predicted octanol–water partition coefficient (Wildman–Crippen LogP) is 0.868. The highest BCUT2D eigenvalue weighted by Crippen LogP contribution is 2.21. The summed E-state index contributed by atoms with van der Waals surface area (Å²) in [5.74, 6) is -1.37. The number of carbonyl (C=O) groups is 3. The lowest BCUT2D eigenvalue weighted by atomic mass is 10.1. The van der Waals surface area contributed by atoms with Crippen molar-refractivity contribution < 1.29 is 14.4 Å². The van der Waals surface area contributed by atoms with E-state index in [4.69, 9.17) is 0 Å². The molecule has 0 bridgehead atoms. The van der Waals surface area contributed by atoms with Crippen molar-refractivity contribution in [3.05, 3.63) is 24.3 Å². The molecule has 2 rings (SSSR count). The van der Waals surface area contributed by atoms with Crippen LogP contribution in [-0.4, -0.2) is 44.4 Å². The van der Waals surface area contributed by atoms with Gasteiger partial charge in [-0.3, -0.25) is 14.4 Å². The highest BCUT2D eigenvalue weighted by molar-refractivity contribution is 6.39. The summed E-state index contributed by atoms with van der Waals surface area (Å²) in [7, 11) is 0. The van der Waals surface area contributed by atoms with Crippen LogP contribution in [0.15, 0.2) is 24.3 Å². The molecule has 1 saturated heterocycles. The number of anilines is 2. The largest absolute Gasteiger partial charge is 0.372 e. The summed E-state index contributed by atoms with van der Waals surface area (Å²) in [6, 6.07) is 7.54. The number of nitrogens with zero attached hydrogens (tertiary/aromatic N) is 1. The molecule has 7 nitrogen and oxygen atoms in total. The molecular weight excluding hydrogens is 308 g/mol. The van der Waals surface area contributed by atoms with Crippen molar-refractivity contribution in [2.75, 3.05) is 36.4 Å². The monoisotopic (exact) mass is 332 g/mol. The van der Waals surface area contributed by atoms with Crippen LogP contribution in [0.4, 0.5) is 11.4 Å². The minimum atomic E-state index is -0.691. The minimum Gasteiger partial charge on any atom is -0.372 e. The lowest BCUT2D eigenvalue weighted by Crippen LogP contribution is -2.36. The van der Waals surface area contributed by atoms with Crippen molar-refractivity contribution >= 4 is 29.6 Å². The van der Waals surface area contributed by atoms with Gasteiger partial charge >= 0.3 is 11.8 Å². The fourth-order valence-electron chi connectivity index (χ4n) is 2.63. The Morgan fingerprint density at radius 1 is 1.00 bits per heavy atom. The van der Waals surface area contributed by atoms with Crippen LogP contribution >= 0.6 is 0 Å². The van der Waals surface area contributed by atoms with E-state index in [1.54, 1.807) is 0 Å². The van der Waals surface area contributed by atoms with Crippen molar-refractivity contribution in [1.82, 2.24) is 10.6 Å². The Labute approximate surface area is 141 Å². The number of piperidine rings is 1. The summed E-state index contributed by atoms with van der Waals surface area (Å²) in [4.78, 5) is 35.9. The van der Waals surface area contributed by atoms with Gasteiger partial charge in [-0.2, -0.15) is 0 Å². The molecule has 3 N–H and O–H groups in total. The van der Waals surface area contributed by atoms with E-state index in [0.29, 0.717) is 31.6 Å². The molecule has 0 saturated carbocycles. The molecule has 3 amide bonds. The van der Waals surface area contributed by atoms with Gasteiger partial charge in [-0.25, -0.2) is 0 Å². The van der Waals surface area contributed by atoms with Gasteiger partial charge in [0, 0.05) is 37.6 Å². The SMILES string of the molecule is O=CNCCCNC(=O)C(=O)Nc1ccc(N2CCCCC2)cc1. The molecule has 130 valence electrons. The molecular formula is C17H24N4O3. The number of rotatable bonds is 7. The average Bonchev–Trinajstić information content (AvgIpc) is 2.62. The summed E-state index contributed by atoms with van der Waals surface area (Å²) in [5, 5.41) is 7.58. The van der Waals surface area contributed by atoms with E-state index in [-0.39, 0.29) is 0 Å². The molecule has 0 aliphatic carbocycles. The van der Waals surface area contributed by atoms with Crippen LogP contribution in [-0.2, 0) is 14.4 Å². The Morgan fingerprint density at radius 3 is 2.38 bits per heavy atom. The van der Waals surface area contributed by atoms with Gasteiger partial charge in [-0.1, -0.05) is 0 Å². The van der Waals surface area contributed by atoms with E-state index in [0.717, 1.165) is 18.8 Å². The maximum absolute atomic E-state index is 11.8. The zero-order chi connectivity index (χ0) is 17.2. The summed E-state index contributed by atoms with van der Waals surface area (Å²) in [6.07, 6.45) is 4.87. The van der Waals surface area contributed by atoms with Crippen LogP contribution in [0.25, 0.3) is 0 Å². The summed E-state index contributed by atoms with van der Waals surface area (Å²) < 4.78 is 0. The first-order valence-electron chi connectivity index (χ1n) is 8.32. The fraction of sp³-hybridized carbons (Fsp3) is 0.471. The van der Waals surface area contributed by atoms with Crippen LogP contribution < -0.4 is 20.9 Å². The topological polar surface area (TPSA) is 90.5 Å². The zero-order valence-corrected chi connectivity index (χ0v) is 13.7. The first kappa shape index (κ1) is 17.8.